The molecule has 5 nitrogen and oxygen atoms in total. The fourth-order valence-electron chi connectivity index (χ4n) is 1.59. The van der Waals surface area contributed by atoms with Crippen LogP contribution in [0.4, 0.5) is 0 Å². The molecule has 0 saturated carbocycles. The number of nitrogens with one attached hydrogen (secondary N) is 2. The average Bonchev–Trinajstić information content (AvgIpc) is 2.36. The maximum absolute atomic E-state index is 12.2. The van der Waals surface area contributed by atoms with Crippen LogP contribution in [0.25, 0.3) is 10.9 Å². The van der Waals surface area contributed by atoms with E-state index in [9.17, 15) is 9.59 Å². The third-order valence-electron chi connectivity index (χ3n) is 2.48. The van der Waals surface area contributed by atoms with Crippen LogP contribution in [0.2, 0.25) is 0 Å². The first-order chi connectivity index (χ1) is 8.88. The number of fused-ring (bicyclic) bond motifs is 1. The normalized spacial score (nSPS) is 11.5. The van der Waals surface area contributed by atoms with Gasteiger partial charge in [-0.3, -0.25) is 14.4 Å². The summed E-state index contributed by atoms with van der Waals surface area (Å²) < 4.78 is 0. The molecule has 1 heterocycles. The quantitative estimate of drug-likeness (QED) is 0.811. The number of para-hydroxylation sites is 1. The highest BCUT2D eigenvalue weighted by molar-refractivity contribution is 5.96. The van der Waals surface area contributed by atoms with Crippen molar-refractivity contribution >= 4 is 16.8 Å². The minimum absolute atomic E-state index is 0.0305. The minimum Gasteiger partial charge on any atom is -0.360 e. The molecule has 0 radical (unpaired) electrons. The summed E-state index contributed by atoms with van der Waals surface area (Å²) in [5.74, 6) is -0.554. The summed E-state index contributed by atoms with van der Waals surface area (Å²) in [5.41, 5.74) is 2.18. The molecule has 1 amide bonds. The zero-order valence-corrected chi connectivity index (χ0v) is 11.1. The summed E-state index contributed by atoms with van der Waals surface area (Å²) in [7, 11) is 0. The van der Waals surface area contributed by atoms with E-state index in [0.29, 0.717) is 10.9 Å². The first kappa shape index (κ1) is 13.3. The zero-order valence-electron chi connectivity index (χ0n) is 11.1. The number of aromatic amines is 1. The Bertz CT molecular complexity index is 668. The number of pyridine rings is 1. The molecular weight excluding hydrogens is 244 g/mol. The van der Waals surface area contributed by atoms with Gasteiger partial charge in [-0.2, -0.15) is 0 Å². The number of hydroxylamine groups is 1. The molecule has 0 aliphatic carbocycles. The Morgan fingerprint density at radius 1 is 1.26 bits per heavy atom. The van der Waals surface area contributed by atoms with Crippen molar-refractivity contribution in [2.24, 2.45) is 0 Å². The first-order valence-electron chi connectivity index (χ1n) is 5.97. The fraction of sp³-hybridized carbons (Fsp3) is 0.286. The number of benzene rings is 1. The van der Waals surface area contributed by atoms with Gasteiger partial charge in [0.15, 0.2) is 0 Å². The maximum atomic E-state index is 12.2. The molecule has 0 bridgehead atoms. The van der Waals surface area contributed by atoms with Gasteiger partial charge in [0.2, 0.25) is 5.43 Å². The van der Waals surface area contributed by atoms with Crippen LogP contribution in [0.3, 0.4) is 0 Å². The largest absolute Gasteiger partial charge is 0.360 e. The summed E-state index contributed by atoms with van der Waals surface area (Å²) in [6.07, 6.45) is 1.39. The number of carbonyl (C=O) groups is 1. The van der Waals surface area contributed by atoms with Crippen molar-refractivity contribution in [2.75, 3.05) is 0 Å². The third kappa shape index (κ3) is 3.00. The van der Waals surface area contributed by atoms with Crippen LogP contribution in [0, 0.1) is 0 Å². The number of aromatic nitrogens is 1. The second kappa shape index (κ2) is 4.85. The van der Waals surface area contributed by atoms with Crippen LogP contribution in [-0.2, 0) is 4.84 Å². The van der Waals surface area contributed by atoms with E-state index in [1.165, 1.54) is 6.20 Å². The molecule has 1 aromatic carbocycles. The van der Waals surface area contributed by atoms with E-state index in [-0.39, 0.29) is 11.0 Å². The standard InChI is InChI=1S/C14H16N2O3/c1-14(2,3)19-16-13(18)10-8-15-11-7-5-4-6-9(11)12(10)17/h4-8H,1-3H3,(H,15,17)(H,16,18). The van der Waals surface area contributed by atoms with Crippen molar-refractivity contribution in [1.82, 2.24) is 10.5 Å². The van der Waals surface area contributed by atoms with Crippen molar-refractivity contribution in [3.05, 3.63) is 46.2 Å². The van der Waals surface area contributed by atoms with Crippen LogP contribution in [0.15, 0.2) is 35.3 Å². The molecule has 0 atom stereocenters. The molecule has 2 N–H and O–H groups in total. The van der Waals surface area contributed by atoms with Gasteiger partial charge in [-0.25, -0.2) is 5.48 Å². The first-order valence-corrected chi connectivity index (χ1v) is 5.97. The number of hydrogen-bond donors (Lipinski definition) is 2. The van der Waals surface area contributed by atoms with Gasteiger partial charge >= 0.3 is 0 Å². The number of hydrogen-bond acceptors (Lipinski definition) is 3. The van der Waals surface area contributed by atoms with Crippen LogP contribution in [0.5, 0.6) is 0 Å². The molecule has 0 aliphatic heterocycles. The monoisotopic (exact) mass is 260 g/mol. The zero-order chi connectivity index (χ0) is 14.0. The number of amides is 1. The van der Waals surface area contributed by atoms with E-state index >= 15 is 0 Å². The summed E-state index contributed by atoms with van der Waals surface area (Å²) in [5, 5.41) is 0.478. The second-order valence-electron chi connectivity index (χ2n) is 5.22. The lowest BCUT2D eigenvalue weighted by molar-refractivity contribution is -0.0590. The number of rotatable bonds is 2. The van der Waals surface area contributed by atoms with E-state index in [2.05, 4.69) is 10.5 Å². The topological polar surface area (TPSA) is 71.2 Å². The average molecular weight is 260 g/mol. The summed E-state index contributed by atoms with van der Waals surface area (Å²) in [4.78, 5) is 32.1. The van der Waals surface area contributed by atoms with E-state index in [0.717, 1.165) is 0 Å². The van der Waals surface area contributed by atoms with Crippen molar-refractivity contribution in [3.8, 4) is 0 Å². The lowest BCUT2D eigenvalue weighted by atomic mass is 10.1. The van der Waals surface area contributed by atoms with Crippen LogP contribution < -0.4 is 10.9 Å². The number of carbonyl (C=O) groups excluding carboxylic acids is 1. The van der Waals surface area contributed by atoms with E-state index in [4.69, 9.17) is 4.84 Å². The van der Waals surface area contributed by atoms with Crippen molar-refractivity contribution in [1.29, 1.82) is 0 Å². The summed E-state index contributed by atoms with van der Waals surface area (Å²) in [6, 6.07) is 7.03. The van der Waals surface area contributed by atoms with E-state index in [1.807, 2.05) is 6.07 Å². The highest BCUT2D eigenvalue weighted by Crippen LogP contribution is 2.08. The van der Waals surface area contributed by atoms with Crippen molar-refractivity contribution in [3.63, 3.8) is 0 Å². The highest BCUT2D eigenvalue weighted by Gasteiger charge is 2.16. The van der Waals surface area contributed by atoms with Crippen LogP contribution in [-0.4, -0.2) is 16.5 Å². The highest BCUT2D eigenvalue weighted by atomic mass is 16.7. The Balaban J connectivity index is 2.33. The Morgan fingerprint density at radius 3 is 2.63 bits per heavy atom. The van der Waals surface area contributed by atoms with Crippen molar-refractivity contribution in [2.45, 2.75) is 26.4 Å². The van der Waals surface area contributed by atoms with Gasteiger partial charge in [0.25, 0.3) is 5.91 Å². The molecule has 0 aliphatic rings. The molecule has 0 saturated heterocycles. The van der Waals surface area contributed by atoms with Crippen LogP contribution in [0.1, 0.15) is 31.1 Å². The molecule has 1 aromatic heterocycles. The summed E-state index contributed by atoms with van der Waals surface area (Å²) in [6.45, 7) is 5.41. The Hall–Kier alpha value is -2.14. The predicted molar refractivity (Wildman–Crippen MR) is 72.9 cm³/mol. The lowest BCUT2D eigenvalue weighted by Gasteiger charge is -2.18. The molecular formula is C14H16N2O3. The Labute approximate surface area is 110 Å². The van der Waals surface area contributed by atoms with Gasteiger partial charge in [0.05, 0.1) is 5.60 Å². The molecule has 5 heteroatoms. The van der Waals surface area contributed by atoms with E-state index in [1.54, 1.807) is 39.0 Å². The molecule has 0 unspecified atom stereocenters. The lowest BCUT2D eigenvalue weighted by Crippen LogP contribution is -2.35. The van der Waals surface area contributed by atoms with Gasteiger partial charge < -0.3 is 4.98 Å². The minimum atomic E-state index is -0.554. The molecule has 2 rings (SSSR count). The Kier molecular flexibility index (Phi) is 3.40. The van der Waals surface area contributed by atoms with Gasteiger partial charge in [-0.1, -0.05) is 12.1 Å². The predicted octanol–water partition coefficient (Wildman–Crippen LogP) is 1.99. The second-order valence-corrected chi connectivity index (χ2v) is 5.22. The number of H-pyrrole nitrogens is 1. The molecule has 0 fully saturated rings. The van der Waals surface area contributed by atoms with Gasteiger partial charge in [0, 0.05) is 17.1 Å². The van der Waals surface area contributed by atoms with E-state index < -0.39 is 11.5 Å². The third-order valence-corrected chi connectivity index (χ3v) is 2.48. The van der Waals surface area contributed by atoms with Crippen LogP contribution >= 0.6 is 0 Å². The molecule has 2 aromatic rings. The van der Waals surface area contributed by atoms with Gasteiger partial charge in [0.1, 0.15) is 5.56 Å². The van der Waals surface area contributed by atoms with Crippen molar-refractivity contribution < 1.29 is 9.63 Å². The van der Waals surface area contributed by atoms with Gasteiger partial charge in [-0.15, -0.1) is 0 Å². The Morgan fingerprint density at radius 2 is 1.95 bits per heavy atom. The SMILES string of the molecule is CC(C)(C)ONC(=O)c1c[nH]c2ccccc2c1=O. The van der Waals surface area contributed by atoms with Gasteiger partial charge in [-0.05, 0) is 32.9 Å². The summed E-state index contributed by atoms with van der Waals surface area (Å²) >= 11 is 0. The maximum Gasteiger partial charge on any atom is 0.280 e. The molecule has 100 valence electrons. The molecule has 19 heavy (non-hydrogen) atoms. The smallest absolute Gasteiger partial charge is 0.280 e. The molecule has 0 spiro atoms. The fourth-order valence-corrected chi connectivity index (χ4v) is 1.59.